The van der Waals surface area contributed by atoms with Crippen molar-refractivity contribution in [3.05, 3.63) is 70.2 Å². The molecule has 0 spiro atoms. The molecule has 0 N–H and O–H groups in total. The molecule has 2 heterocycles. The molecule has 4 rings (SSSR count). The van der Waals surface area contributed by atoms with Crippen LogP contribution in [-0.4, -0.2) is 38.1 Å². The second-order valence-electron chi connectivity index (χ2n) is 10.3. The molecule has 0 atom stereocenters. The number of para-hydroxylation sites is 1. The summed E-state index contributed by atoms with van der Waals surface area (Å²) in [7, 11) is 0. The Balaban J connectivity index is 1.45. The Hall–Kier alpha value is -2.61. The quantitative estimate of drug-likeness (QED) is 0.0919. The van der Waals surface area contributed by atoms with Gasteiger partial charge in [0.15, 0.2) is 0 Å². The molecule has 0 saturated carbocycles. The minimum absolute atomic E-state index is 0.0286. The van der Waals surface area contributed by atoms with Crippen LogP contribution >= 0.6 is 35.6 Å². The van der Waals surface area contributed by atoms with E-state index in [1.165, 1.54) is 63.1 Å². The van der Waals surface area contributed by atoms with E-state index in [2.05, 4.69) is 6.92 Å². The van der Waals surface area contributed by atoms with Gasteiger partial charge in [-0.1, -0.05) is 118 Å². The number of benzene rings is 2. The maximum atomic E-state index is 13.4. The van der Waals surface area contributed by atoms with Crippen LogP contribution in [0.15, 0.2) is 59.6 Å². The lowest BCUT2D eigenvalue weighted by Crippen LogP contribution is -2.29. The summed E-state index contributed by atoms with van der Waals surface area (Å²) < 4.78 is 8.07. The Morgan fingerprint density at radius 2 is 1.63 bits per heavy atom. The van der Waals surface area contributed by atoms with Crippen molar-refractivity contribution in [1.29, 1.82) is 0 Å². The van der Waals surface area contributed by atoms with Crippen molar-refractivity contribution in [2.75, 3.05) is 13.2 Å². The van der Waals surface area contributed by atoms with Crippen LogP contribution in [0.5, 0.6) is 5.75 Å². The van der Waals surface area contributed by atoms with Gasteiger partial charge in [0.2, 0.25) is 0 Å². The van der Waals surface area contributed by atoms with Crippen LogP contribution < -0.4 is 4.74 Å². The smallest absolute Gasteiger partial charge is 0.266 e. The lowest BCUT2D eigenvalue weighted by Gasteiger charge is -2.14. The molecule has 0 bridgehead atoms. The van der Waals surface area contributed by atoms with Gasteiger partial charge in [0, 0.05) is 23.9 Å². The molecule has 0 aliphatic carbocycles. The van der Waals surface area contributed by atoms with Gasteiger partial charge >= 0.3 is 0 Å². The maximum Gasteiger partial charge on any atom is 0.266 e. The molecule has 1 saturated heterocycles. The predicted octanol–water partition coefficient (Wildman–Crippen LogP) is 9.71. The number of carbonyl (C=O) groups excluding carboxylic acids is 1. The molecule has 1 aliphatic rings. The van der Waals surface area contributed by atoms with Crippen molar-refractivity contribution in [2.45, 2.75) is 78.1 Å². The molecule has 1 aliphatic heterocycles. The van der Waals surface area contributed by atoms with Crippen molar-refractivity contribution in [3.8, 4) is 22.7 Å². The average Bonchev–Trinajstić information content (AvgIpc) is 3.51. The molecule has 1 aromatic heterocycles. The SMILES string of the molecule is CCCCCCCCCCCCN1C(=O)C(=Cc2cn(-c3ccccc3)nc2-c2ccc(OCC)c(Cl)c2)SC1=S. The molecule has 1 amide bonds. The second kappa shape index (κ2) is 16.1. The Labute approximate surface area is 259 Å². The maximum absolute atomic E-state index is 13.4. The molecule has 5 nitrogen and oxygen atoms in total. The number of unbranched alkanes of at least 4 members (excludes halogenated alkanes) is 9. The number of rotatable bonds is 16. The van der Waals surface area contributed by atoms with Gasteiger partial charge in [0.05, 0.1) is 22.2 Å². The van der Waals surface area contributed by atoms with Gasteiger partial charge < -0.3 is 4.74 Å². The number of thiocarbonyl (C=S) groups is 1. The molecule has 2 aromatic carbocycles. The highest BCUT2D eigenvalue weighted by molar-refractivity contribution is 8.26. The third-order valence-electron chi connectivity index (χ3n) is 7.16. The average molecular weight is 610 g/mol. The number of hydrogen-bond acceptors (Lipinski definition) is 5. The lowest BCUT2D eigenvalue weighted by molar-refractivity contribution is -0.122. The summed E-state index contributed by atoms with van der Waals surface area (Å²) in [5.41, 5.74) is 3.34. The fraction of sp³-hybridized carbons (Fsp3) is 0.424. The third-order valence-corrected chi connectivity index (χ3v) is 8.84. The van der Waals surface area contributed by atoms with Crippen molar-refractivity contribution in [3.63, 3.8) is 0 Å². The minimum atomic E-state index is -0.0286. The number of hydrogen-bond donors (Lipinski definition) is 0. The first-order valence-electron chi connectivity index (χ1n) is 14.8. The molecule has 8 heteroatoms. The summed E-state index contributed by atoms with van der Waals surface area (Å²) in [5.74, 6) is 0.605. The van der Waals surface area contributed by atoms with E-state index in [1.807, 2.05) is 72.4 Å². The highest BCUT2D eigenvalue weighted by Gasteiger charge is 2.32. The zero-order valence-electron chi connectivity index (χ0n) is 24.1. The van der Waals surface area contributed by atoms with Gasteiger partial charge in [0.25, 0.3) is 5.91 Å². The molecule has 0 radical (unpaired) electrons. The summed E-state index contributed by atoms with van der Waals surface area (Å²) in [4.78, 5) is 15.8. The zero-order chi connectivity index (χ0) is 29.0. The molecule has 218 valence electrons. The van der Waals surface area contributed by atoms with E-state index < -0.39 is 0 Å². The summed E-state index contributed by atoms with van der Waals surface area (Å²) in [5, 5.41) is 5.40. The third kappa shape index (κ3) is 8.69. The van der Waals surface area contributed by atoms with Gasteiger partial charge in [-0.3, -0.25) is 9.69 Å². The van der Waals surface area contributed by atoms with Gasteiger partial charge in [-0.15, -0.1) is 0 Å². The number of ether oxygens (including phenoxy) is 1. The Kier molecular flexibility index (Phi) is 12.3. The molecular weight excluding hydrogens is 570 g/mol. The Morgan fingerprint density at radius 3 is 2.29 bits per heavy atom. The number of halogens is 1. The second-order valence-corrected chi connectivity index (χ2v) is 12.4. The van der Waals surface area contributed by atoms with Gasteiger partial charge in [-0.25, -0.2) is 4.68 Å². The van der Waals surface area contributed by atoms with E-state index in [0.29, 0.717) is 33.1 Å². The van der Waals surface area contributed by atoms with Crippen molar-refractivity contribution >= 4 is 51.9 Å². The van der Waals surface area contributed by atoms with E-state index >= 15 is 0 Å². The molecule has 0 unspecified atom stereocenters. The number of amides is 1. The first-order valence-corrected chi connectivity index (χ1v) is 16.4. The number of thioether (sulfide) groups is 1. The number of nitrogens with zero attached hydrogens (tertiary/aromatic N) is 3. The van der Waals surface area contributed by atoms with Gasteiger partial charge in [-0.05, 0) is 49.8 Å². The van der Waals surface area contributed by atoms with Crippen LogP contribution in [0.3, 0.4) is 0 Å². The fourth-order valence-corrected chi connectivity index (χ4v) is 6.48. The van der Waals surface area contributed by atoms with Crippen LogP contribution in [-0.2, 0) is 4.79 Å². The first kappa shape index (κ1) is 31.3. The van der Waals surface area contributed by atoms with Gasteiger partial charge in [-0.2, -0.15) is 5.10 Å². The van der Waals surface area contributed by atoms with Crippen LogP contribution in [0.1, 0.15) is 83.6 Å². The largest absolute Gasteiger partial charge is 0.492 e. The zero-order valence-corrected chi connectivity index (χ0v) is 26.5. The molecule has 3 aromatic rings. The first-order chi connectivity index (χ1) is 20.0. The van der Waals surface area contributed by atoms with E-state index in [0.717, 1.165) is 35.3 Å². The fourth-order valence-electron chi connectivity index (χ4n) is 4.94. The molecule has 41 heavy (non-hydrogen) atoms. The Morgan fingerprint density at radius 1 is 0.951 bits per heavy atom. The highest BCUT2D eigenvalue weighted by atomic mass is 35.5. The molecule has 1 fully saturated rings. The number of aromatic nitrogens is 2. The normalized spacial score (nSPS) is 14.4. The minimum Gasteiger partial charge on any atom is -0.492 e. The van der Waals surface area contributed by atoms with Crippen LogP contribution in [0.2, 0.25) is 5.02 Å². The van der Waals surface area contributed by atoms with E-state index in [9.17, 15) is 4.79 Å². The monoisotopic (exact) mass is 609 g/mol. The van der Waals surface area contributed by atoms with Crippen LogP contribution in [0, 0.1) is 0 Å². The van der Waals surface area contributed by atoms with Crippen molar-refractivity contribution in [2.24, 2.45) is 0 Å². The summed E-state index contributed by atoms with van der Waals surface area (Å²) >= 11 is 13.5. The van der Waals surface area contributed by atoms with Gasteiger partial charge in [0.1, 0.15) is 15.8 Å². The van der Waals surface area contributed by atoms with E-state index in [1.54, 1.807) is 4.90 Å². The van der Waals surface area contributed by atoms with E-state index in [4.69, 9.17) is 33.7 Å². The Bertz CT molecular complexity index is 1340. The number of carbonyl (C=O) groups is 1. The summed E-state index contributed by atoms with van der Waals surface area (Å²) in [6.45, 7) is 5.39. The highest BCUT2D eigenvalue weighted by Crippen LogP contribution is 2.36. The van der Waals surface area contributed by atoms with Crippen molar-refractivity contribution < 1.29 is 9.53 Å². The molecular formula is C33H40ClN3O2S2. The van der Waals surface area contributed by atoms with Crippen LogP contribution in [0.25, 0.3) is 23.0 Å². The standard InChI is InChI=1S/C33H40ClN3O2S2/c1-3-5-6-7-8-9-10-11-12-16-21-36-32(38)30(41-33(36)40)23-26-24-37(27-17-14-13-15-18-27)35-31(26)25-19-20-29(39-4-2)28(34)22-25/h13-15,17-20,22-24H,3-12,16,21H2,1-2H3. The summed E-state index contributed by atoms with van der Waals surface area (Å²) in [6.07, 6.45) is 16.4. The van der Waals surface area contributed by atoms with E-state index in [-0.39, 0.29) is 5.91 Å². The summed E-state index contributed by atoms with van der Waals surface area (Å²) in [6, 6.07) is 15.6. The van der Waals surface area contributed by atoms with Crippen LogP contribution in [0.4, 0.5) is 0 Å². The lowest BCUT2D eigenvalue weighted by atomic mass is 10.1. The van der Waals surface area contributed by atoms with Crippen molar-refractivity contribution in [1.82, 2.24) is 14.7 Å². The predicted molar refractivity (Wildman–Crippen MR) is 177 cm³/mol. The topological polar surface area (TPSA) is 47.4 Å².